The summed E-state index contributed by atoms with van der Waals surface area (Å²) < 4.78 is 60.9. The van der Waals surface area contributed by atoms with Crippen LogP contribution in [0.15, 0.2) is 48.5 Å². The van der Waals surface area contributed by atoms with Crippen molar-refractivity contribution in [2.75, 3.05) is 24.7 Å². The van der Waals surface area contributed by atoms with E-state index in [-0.39, 0.29) is 23.8 Å². The number of halogens is 4. The predicted octanol–water partition coefficient (Wildman–Crippen LogP) is 3.79. The molecule has 0 radical (unpaired) electrons. The van der Waals surface area contributed by atoms with Gasteiger partial charge >= 0.3 is 6.18 Å². The molecule has 3 atom stereocenters. The van der Waals surface area contributed by atoms with Gasteiger partial charge in [-0.15, -0.1) is 0 Å². The smallest absolute Gasteiger partial charge is 0.390 e. The number of carbonyl (C=O) groups excluding carboxylic acids is 2. The number of aliphatic hydroxyl groups is 1. The summed E-state index contributed by atoms with van der Waals surface area (Å²) in [5, 5.41) is 17.5. The first-order valence-corrected chi connectivity index (χ1v) is 12.5. The quantitative estimate of drug-likeness (QED) is 0.459. The van der Waals surface area contributed by atoms with Gasteiger partial charge in [0.1, 0.15) is 17.7 Å². The molecule has 12 heteroatoms. The van der Waals surface area contributed by atoms with Crippen LogP contribution in [0.4, 0.5) is 23.4 Å². The number of aliphatic hydroxyl groups excluding tert-OH is 1. The number of hydrogen-bond acceptors (Lipinski definition) is 5. The number of ether oxygens (including phenoxy) is 1. The first-order chi connectivity index (χ1) is 18.6. The van der Waals surface area contributed by atoms with Crippen molar-refractivity contribution in [2.45, 2.75) is 44.1 Å². The molecule has 0 saturated carbocycles. The molecule has 8 nitrogen and oxygen atoms in total. The van der Waals surface area contributed by atoms with Gasteiger partial charge in [-0.3, -0.25) is 14.5 Å². The maximum Gasteiger partial charge on any atom is 0.416 e. The van der Waals surface area contributed by atoms with Gasteiger partial charge in [-0.05, 0) is 49.2 Å². The Labute approximate surface area is 221 Å². The summed E-state index contributed by atoms with van der Waals surface area (Å²) in [6.45, 7) is 2.34. The zero-order chi connectivity index (χ0) is 27.9. The first kappa shape index (κ1) is 26.8. The van der Waals surface area contributed by atoms with Crippen molar-refractivity contribution >= 4 is 17.6 Å². The van der Waals surface area contributed by atoms with Gasteiger partial charge in [-0.2, -0.15) is 18.3 Å². The van der Waals surface area contributed by atoms with E-state index in [1.165, 1.54) is 35.2 Å². The van der Waals surface area contributed by atoms with E-state index in [0.29, 0.717) is 36.6 Å². The van der Waals surface area contributed by atoms with Gasteiger partial charge in [0.15, 0.2) is 0 Å². The van der Waals surface area contributed by atoms with Crippen LogP contribution in [0.1, 0.15) is 58.0 Å². The Hall–Kier alpha value is -3.77. The molecule has 2 aromatic carbocycles. The second kappa shape index (κ2) is 10.4. The fraction of sp³-hybridized carbons (Fsp3) is 0.370. The van der Waals surface area contributed by atoms with E-state index < -0.39 is 47.9 Å². The Morgan fingerprint density at radius 1 is 1.21 bits per heavy atom. The summed E-state index contributed by atoms with van der Waals surface area (Å²) in [6, 6.07) is 7.82. The lowest BCUT2D eigenvalue weighted by Gasteiger charge is -2.39. The molecule has 1 saturated heterocycles. The van der Waals surface area contributed by atoms with Crippen LogP contribution in [0.2, 0.25) is 0 Å². The molecule has 0 spiro atoms. The molecular weight excluding hydrogens is 520 g/mol. The number of likely N-dealkylation sites (N-methyl/N-ethyl adjacent to an activating group) is 1. The molecule has 2 aliphatic rings. The molecule has 0 bridgehead atoms. The maximum atomic E-state index is 13.9. The van der Waals surface area contributed by atoms with E-state index in [1.807, 2.05) is 0 Å². The van der Waals surface area contributed by atoms with E-state index >= 15 is 0 Å². The van der Waals surface area contributed by atoms with Gasteiger partial charge in [0, 0.05) is 30.2 Å². The van der Waals surface area contributed by atoms with Crippen LogP contribution < -0.4 is 10.2 Å². The number of carbonyl (C=O) groups is 2. The average molecular weight is 547 g/mol. The maximum absolute atomic E-state index is 13.9. The zero-order valence-corrected chi connectivity index (χ0v) is 20.9. The molecular formula is C27H26F4N4O4. The van der Waals surface area contributed by atoms with E-state index in [0.717, 1.165) is 18.2 Å². The summed E-state index contributed by atoms with van der Waals surface area (Å²) in [7, 11) is 0. The number of anilines is 1. The molecule has 0 aliphatic carbocycles. The summed E-state index contributed by atoms with van der Waals surface area (Å²) in [5.41, 5.74) is -0.0545. The van der Waals surface area contributed by atoms with Crippen molar-refractivity contribution in [1.29, 1.82) is 0 Å². The highest BCUT2D eigenvalue weighted by Gasteiger charge is 2.46. The summed E-state index contributed by atoms with van der Waals surface area (Å²) >= 11 is 0. The third-order valence-corrected chi connectivity index (χ3v) is 7.11. The third-order valence-electron chi connectivity index (χ3n) is 7.11. The van der Waals surface area contributed by atoms with Crippen LogP contribution in [-0.2, 0) is 22.3 Å². The van der Waals surface area contributed by atoms with Gasteiger partial charge in [0.2, 0.25) is 0 Å². The first-order valence-electron chi connectivity index (χ1n) is 12.5. The summed E-state index contributed by atoms with van der Waals surface area (Å²) in [5.74, 6) is -2.36. The van der Waals surface area contributed by atoms with Crippen molar-refractivity contribution in [1.82, 2.24) is 15.1 Å². The fourth-order valence-electron chi connectivity index (χ4n) is 5.28. The second-order valence-electron chi connectivity index (χ2n) is 9.45. The highest BCUT2D eigenvalue weighted by atomic mass is 19.4. The van der Waals surface area contributed by atoms with E-state index in [1.54, 1.807) is 11.6 Å². The lowest BCUT2D eigenvalue weighted by molar-refractivity contribution is -0.137. The van der Waals surface area contributed by atoms with E-state index in [2.05, 4.69) is 10.4 Å². The Bertz CT molecular complexity index is 1380. The molecule has 3 aromatic rings. The Balaban J connectivity index is 1.64. The minimum atomic E-state index is -4.66. The highest BCUT2D eigenvalue weighted by molar-refractivity contribution is 6.05. The van der Waals surface area contributed by atoms with Crippen LogP contribution >= 0.6 is 0 Å². The van der Waals surface area contributed by atoms with Crippen LogP contribution in [0.25, 0.3) is 0 Å². The van der Waals surface area contributed by atoms with Gasteiger partial charge in [0.05, 0.1) is 30.5 Å². The largest absolute Gasteiger partial charge is 0.416 e. The highest BCUT2D eigenvalue weighted by Crippen LogP contribution is 2.44. The Morgan fingerprint density at radius 2 is 1.95 bits per heavy atom. The van der Waals surface area contributed by atoms with Crippen molar-refractivity contribution < 1.29 is 37.0 Å². The number of benzene rings is 2. The zero-order valence-electron chi connectivity index (χ0n) is 20.9. The molecule has 1 fully saturated rings. The molecule has 5 rings (SSSR count). The average Bonchev–Trinajstić information content (AvgIpc) is 3.58. The molecule has 1 aromatic heterocycles. The molecule has 2 amide bonds. The minimum Gasteiger partial charge on any atom is -0.390 e. The number of nitrogens with zero attached hydrogens (tertiary/aromatic N) is 3. The molecule has 3 heterocycles. The molecule has 206 valence electrons. The number of nitrogens with one attached hydrogen (secondary N) is 1. The Morgan fingerprint density at radius 3 is 2.56 bits per heavy atom. The van der Waals surface area contributed by atoms with Crippen molar-refractivity contribution in [2.24, 2.45) is 0 Å². The molecule has 39 heavy (non-hydrogen) atoms. The topological polar surface area (TPSA) is 96.7 Å². The standard InChI is InChI=1S/C27H26F4N4O4/c1-2-34-25-22(20(13-36)33-35(25)19-10-11-39-14-19)21(15-6-8-18(28)9-7-15)23(26(34)38)32-24(37)16-4-3-5-17(12-16)27(29,30)31/h3-9,12,19,21,23,36H,2,10-11,13-14H2,1H3,(H,32,37)/t19?,21-,23-/m0/s1. The predicted molar refractivity (Wildman–Crippen MR) is 132 cm³/mol. The normalized spacial score (nSPS) is 21.2. The number of amides is 2. The monoisotopic (exact) mass is 546 g/mol. The van der Waals surface area contributed by atoms with Crippen LogP contribution in [0.3, 0.4) is 0 Å². The van der Waals surface area contributed by atoms with Crippen molar-refractivity contribution in [3.8, 4) is 0 Å². The van der Waals surface area contributed by atoms with E-state index in [4.69, 9.17) is 4.74 Å². The minimum absolute atomic E-state index is 0.189. The fourth-order valence-corrected chi connectivity index (χ4v) is 5.28. The Kier molecular flexibility index (Phi) is 7.17. The number of aromatic nitrogens is 2. The third kappa shape index (κ3) is 4.89. The summed E-state index contributed by atoms with van der Waals surface area (Å²) in [4.78, 5) is 28.6. The summed E-state index contributed by atoms with van der Waals surface area (Å²) in [6.07, 6.45) is -4.02. The van der Waals surface area contributed by atoms with Crippen LogP contribution in [0, 0.1) is 5.82 Å². The number of rotatable bonds is 6. The van der Waals surface area contributed by atoms with Gasteiger partial charge in [-0.1, -0.05) is 18.2 Å². The number of fused-ring (bicyclic) bond motifs is 1. The second-order valence-corrected chi connectivity index (χ2v) is 9.45. The lowest BCUT2D eigenvalue weighted by Crippen LogP contribution is -2.55. The molecule has 2 aliphatic heterocycles. The number of hydrogen-bond donors (Lipinski definition) is 2. The number of alkyl halides is 3. The molecule has 2 N–H and O–H groups in total. The van der Waals surface area contributed by atoms with Gasteiger partial charge < -0.3 is 15.2 Å². The van der Waals surface area contributed by atoms with E-state index in [9.17, 15) is 32.3 Å². The lowest BCUT2D eigenvalue weighted by atomic mass is 9.81. The van der Waals surface area contributed by atoms with Crippen molar-refractivity contribution in [3.63, 3.8) is 0 Å². The SMILES string of the molecule is CCN1C(=O)[C@@H](NC(=O)c2cccc(C(F)(F)F)c2)[C@@H](c2ccc(F)cc2)c2c(CO)nn(C3CCOC3)c21. The van der Waals surface area contributed by atoms with Crippen LogP contribution in [-0.4, -0.2) is 52.5 Å². The molecule has 1 unspecified atom stereocenters. The van der Waals surface area contributed by atoms with Gasteiger partial charge in [-0.25, -0.2) is 9.07 Å². The van der Waals surface area contributed by atoms with Crippen molar-refractivity contribution in [3.05, 3.63) is 82.3 Å². The van der Waals surface area contributed by atoms with Gasteiger partial charge in [0.25, 0.3) is 11.8 Å². The van der Waals surface area contributed by atoms with Crippen LogP contribution in [0.5, 0.6) is 0 Å².